The first-order valence-corrected chi connectivity index (χ1v) is 10.9. The van der Waals surface area contributed by atoms with Gasteiger partial charge in [-0.2, -0.15) is 0 Å². The number of hydrogen-bond acceptors (Lipinski definition) is 3. The quantitative estimate of drug-likeness (QED) is 0.767. The Bertz CT molecular complexity index is 852. The number of aryl methyl sites for hydroxylation is 2. The molecular weight excluding hydrogens is 366 g/mol. The molecule has 2 fully saturated rings. The van der Waals surface area contributed by atoms with Gasteiger partial charge >= 0.3 is 6.03 Å². The van der Waals surface area contributed by atoms with E-state index in [1.807, 2.05) is 12.1 Å². The predicted octanol–water partition coefficient (Wildman–Crippen LogP) is 2.88. The van der Waals surface area contributed by atoms with Gasteiger partial charge in [0, 0.05) is 6.04 Å². The molecule has 1 aliphatic heterocycles. The van der Waals surface area contributed by atoms with Crippen LogP contribution in [0.5, 0.6) is 0 Å². The first-order chi connectivity index (χ1) is 13.8. The van der Waals surface area contributed by atoms with E-state index in [0.717, 1.165) is 42.6 Å². The van der Waals surface area contributed by atoms with Crippen LogP contribution in [0.15, 0.2) is 18.2 Å². The maximum Gasteiger partial charge on any atom is 0.325 e. The second kappa shape index (κ2) is 7.47. The second-order valence-electron chi connectivity index (χ2n) is 9.22. The predicted molar refractivity (Wildman–Crippen MR) is 110 cm³/mol. The standard InChI is InChI=1S/C23H31N3O3/c1-14-6-4-9-19(15(14)2)24-20(27)13-26-21(28)23(3,25-22(26)29)18-11-10-16-7-5-8-17(16)12-18/h10-12,14-15,19H,4-9,13H2,1-3H3,(H,24,27)(H,25,29). The minimum absolute atomic E-state index is 0.107. The number of nitrogens with one attached hydrogen (secondary N) is 2. The van der Waals surface area contributed by atoms with Crippen molar-refractivity contribution in [3.8, 4) is 0 Å². The van der Waals surface area contributed by atoms with Crippen molar-refractivity contribution < 1.29 is 14.4 Å². The van der Waals surface area contributed by atoms with Crippen molar-refractivity contribution in [1.29, 1.82) is 0 Å². The maximum absolute atomic E-state index is 13.1. The molecule has 156 valence electrons. The van der Waals surface area contributed by atoms with Gasteiger partial charge in [0.2, 0.25) is 5.91 Å². The van der Waals surface area contributed by atoms with E-state index in [4.69, 9.17) is 0 Å². The zero-order chi connectivity index (χ0) is 20.8. The number of fused-ring (bicyclic) bond motifs is 1. The Morgan fingerprint density at radius 1 is 1.17 bits per heavy atom. The van der Waals surface area contributed by atoms with Crippen molar-refractivity contribution in [2.45, 2.75) is 70.9 Å². The molecule has 4 rings (SSSR count). The van der Waals surface area contributed by atoms with Crippen molar-refractivity contribution in [1.82, 2.24) is 15.5 Å². The molecule has 1 saturated carbocycles. The monoisotopic (exact) mass is 397 g/mol. The van der Waals surface area contributed by atoms with Gasteiger partial charge in [0.25, 0.3) is 5.91 Å². The lowest BCUT2D eigenvalue weighted by atomic mass is 9.78. The Labute approximate surface area is 172 Å². The summed E-state index contributed by atoms with van der Waals surface area (Å²) < 4.78 is 0. The average Bonchev–Trinajstić information content (AvgIpc) is 3.24. The zero-order valence-electron chi connectivity index (χ0n) is 17.6. The molecule has 0 spiro atoms. The first kappa shape index (κ1) is 19.9. The third-order valence-electron chi connectivity index (χ3n) is 7.31. The van der Waals surface area contributed by atoms with E-state index in [0.29, 0.717) is 11.8 Å². The summed E-state index contributed by atoms with van der Waals surface area (Å²) in [4.78, 5) is 39.4. The minimum atomic E-state index is -1.12. The topological polar surface area (TPSA) is 78.5 Å². The minimum Gasteiger partial charge on any atom is -0.352 e. The summed E-state index contributed by atoms with van der Waals surface area (Å²) in [5, 5.41) is 5.88. The van der Waals surface area contributed by atoms with Crippen LogP contribution in [0.25, 0.3) is 0 Å². The number of urea groups is 1. The molecule has 4 unspecified atom stereocenters. The van der Waals surface area contributed by atoms with Gasteiger partial charge in [0.15, 0.2) is 0 Å². The number of hydrogen-bond donors (Lipinski definition) is 2. The summed E-state index contributed by atoms with van der Waals surface area (Å²) in [6.45, 7) is 5.87. The summed E-state index contributed by atoms with van der Waals surface area (Å²) in [6.07, 6.45) is 6.42. The lowest BCUT2D eigenvalue weighted by Gasteiger charge is -2.34. The number of benzene rings is 1. The van der Waals surface area contributed by atoms with Crippen LogP contribution < -0.4 is 10.6 Å². The third-order valence-corrected chi connectivity index (χ3v) is 7.31. The average molecular weight is 398 g/mol. The van der Waals surface area contributed by atoms with Crippen molar-refractivity contribution in [2.75, 3.05) is 6.54 Å². The van der Waals surface area contributed by atoms with Crippen LogP contribution in [-0.2, 0) is 28.0 Å². The van der Waals surface area contributed by atoms with Crippen LogP contribution in [0.3, 0.4) is 0 Å². The third kappa shape index (κ3) is 3.53. The molecular formula is C23H31N3O3. The van der Waals surface area contributed by atoms with Crippen molar-refractivity contribution in [2.24, 2.45) is 11.8 Å². The summed E-state index contributed by atoms with van der Waals surface area (Å²) in [5.74, 6) is 0.333. The maximum atomic E-state index is 13.1. The molecule has 0 bridgehead atoms. The fourth-order valence-electron chi connectivity index (χ4n) is 5.10. The summed E-state index contributed by atoms with van der Waals surface area (Å²) in [7, 11) is 0. The molecule has 6 nitrogen and oxygen atoms in total. The van der Waals surface area contributed by atoms with Gasteiger partial charge in [-0.1, -0.05) is 44.9 Å². The highest BCUT2D eigenvalue weighted by molar-refractivity contribution is 6.09. The number of amides is 4. The molecule has 3 aliphatic rings. The van der Waals surface area contributed by atoms with E-state index in [9.17, 15) is 14.4 Å². The Balaban J connectivity index is 1.46. The highest BCUT2D eigenvalue weighted by Crippen LogP contribution is 2.33. The molecule has 1 aromatic carbocycles. The van der Waals surface area contributed by atoms with E-state index in [2.05, 4.69) is 30.5 Å². The van der Waals surface area contributed by atoms with Gasteiger partial charge in [0.05, 0.1) is 0 Å². The molecule has 4 amide bonds. The molecule has 29 heavy (non-hydrogen) atoms. The Kier molecular flexibility index (Phi) is 5.13. The number of rotatable bonds is 4. The van der Waals surface area contributed by atoms with E-state index in [-0.39, 0.29) is 24.4 Å². The van der Waals surface area contributed by atoms with Crippen molar-refractivity contribution in [3.05, 3.63) is 34.9 Å². The number of imide groups is 1. The molecule has 0 aromatic heterocycles. The van der Waals surface area contributed by atoms with Crippen LogP contribution in [0.4, 0.5) is 4.79 Å². The summed E-state index contributed by atoms with van der Waals surface area (Å²) in [6, 6.07) is 5.63. The Morgan fingerprint density at radius 2 is 1.93 bits per heavy atom. The van der Waals surface area contributed by atoms with Crippen LogP contribution >= 0.6 is 0 Å². The van der Waals surface area contributed by atoms with Crippen LogP contribution in [0.1, 0.15) is 63.1 Å². The molecule has 2 N–H and O–H groups in total. The Hall–Kier alpha value is -2.37. The number of carbonyl (C=O) groups is 3. The number of nitrogens with zero attached hydrogens (tertiary/aromatic N) is 1. The van der Waals surface area contributed by atoms with Gasteiger partial charge < -0.3 is 10.6 Å². The van der Waals surface area contributed by atoms with E-state index >= 15 is 0 Å². The SMILES string of the molecule is CC1CCCC(NC(=O)CN2C(=O)NC(C)(c3ccc4c(c3)CCC4)C2=O)C1C. The van der Waals surface area contributed by atoms with Gasteiger partial charge in [-0.3, -0.25) is 14.5 Å². The lowest BCUT2D eigenvalue weighted by molar-refractivity contribution is -0.135. The second-order valence-corrected chi connectivity index (χ2v) is 9.22. The van der Waals surface area contributed by atoms with E-state index in [1.54, 1.807) is 6.92 Å². The normalized spacial score (nSPS) is 31.6. The van der Waals surface area contributed by atoms with Gasteiger partial charge in [-0.15, -0.1) is 0 Å². The molecule has 2 aliphatic carbocycles. The van der Waals surface area contributed by atoms with Gasteiger partial charge in [0.1, 0.15) is 12.1 Å². The first-order valence-electron chi connectivity index (χ1n) is 10.9. The molecule has 0 radical (unpaired) electrons. The summed E-state index contributed by atoms with van der Waals surface area (Å²) >= 11 is 0. The fraction of sp³-hybridized carbons (Fsp3) is 0.609. The lowest BCUT2D eigenvalue weighted by Crippen LogP contribution is -2.49. The smallest absolute Gasteiger partial charge is 0.325 e. The molecule has 1 heterocycles. The van der Waals surface area contributed by atoms with Crippen molar-refractivity contribution in [3.63, 3.8) is 0 Å². The molecule has 6 heteroatoms. The molecule has 1 saturated heterocycles. The zero-order valence-corrected chi connectivity index (χ0v) is 17.6. The van der Waals surface area contributed by atoms with Gasteiger partial charge in [-0.25, -0.2) is 4.79 Å². The fourth-order valence-corrected chi connectivity index (χ4v) is 5.10. The highest BCUT2D eigenvalue weighted by atomic mass is 16.2. The summed E-state index contributed by atoms with van der Waals surface area (Å²) in [5.41, 5.74) is 2.24. The largest absolute Gasteiger partial charge is 0.352 e. The Morgan fingerprint density at radius 3 is 2.72 bits per heavy atom. The number of carbonyl (C=O) groups excluding carboxylic acids is 3. The van der Waals surface area contributed by atoms with Crippen LogP contribution in [-0.4, -0.2) is 35.3 Å². The van der Waals surface area contributed by atoms with E-state index in [1.165, 1.54) is 17.5 Å². The van der Waals surface area contributed by atoms with E-state index < -0.39 is 11.6 Å². The van der Waals surface area contributed by atoms with Crippen LogP contribution in [0, 0.1) is 11.8 Å². The van der Waals surface area contributed by atoms with Crippen molar-refractivity contribution >= 4 is 17.8 Å². The highest BCUT2D eigenvalue weighted by Gasteiger charge is 2.49. The molecule has 4 atom stereocenters. The van der Waals surface area contributed by atoms with Crippen LogP contribution in [0.2, 0.25) is 0 Å². The molecule has 1 aromatic rings. The van der Waals surface area contributed by atoms with Gasteiger partial charge in [-0.05, 0) is 61.1 Å².